The topological polar surface area (TPSA) is 54.0 Å². The fourth-order valence-electron chi connectivity index (χ4n) is 2.10. The number of amides is 1. The smallest absolute Gasteiger partial charge is 0.253 e. The average molecular weight is 303 g/mol. The number of rotatable bonds is 6. The quantitative estimate of drug-likeness (QED) is 0.860. The second kappa shape index (κ2) is 7.22. The van der Waals surface area contributed by atoms with Crippen molar-refractivity contribution in [1.29, 1.82) is 0 Å². The molecular weight excluding hydrogens is 282 g/mol. The Bertz CT molecular complexity index is 596. The second-order valence-corrected chi connectivity index (χ2v) is 5.99. The summed E-state index contributed by atoms with van der Waals surface area (Å²) in [5.74, 6) is 0.177. The zero-order chi connectivity index (χ0) is 15.2. The molecule has 1 atom stereocenters. The highest BCUT2D eigenvalue weighted by atomic mass is 32.1. The molecule has 0 bridgehead atoms. The summed E-state index contributed by atoms with van der Waals surface area (Å²) in [7, 11) is 0. The van der Waals surface area contributed by atoms with E-state index in [9.17, 15) is 4.79 Å². The number of hydrogen-bond acceptors (Lipinski definition) is 4. The first-order chi connectivity index (χ1) is 10.1. The first-order valence-electron chi connectivity index (χ1n) is 7.14. The van der Waals surface area contributed by atoms with Gasteiger partial charge in [0.2, 0.25) is 0 Å². The molecule has 1 aromatic carbocycles. The maximum absolute atomic E-state index is 12.4. The van der Waals surface area contributed by atoms with E-state index in [-0.39, 0.29) is 11.8 Å². The van der Waals surface area contributed by atoms with Crippen LogP contribution in [0.1, 0.15) is 40.7 Å². The van der Waals surface area contributed by atoms with Crippen molar-refractivity contribution in [3.8, 4) is 0 Å². The van der Waals surface area contributed by atoms with Crippen LogP contribution in [0.15, 0.2) is 29.8 Å². The van der Waals surface area contributed by atoms with Crippen LogP contribution in [0, 0.1) is 6.92 Å². The van der Waals surface area contributed by atoms with Crippen molar-refractivity contribution >= 4 is 22.9 Å². The Morgan fingerprint density at radius 2 is 2.24 bits per heavy atom. The minimum atomic E-state index is -0.0469. The number of anilines is 1. The highest BCUT2D eigenvalue weighted by Gasteiger charge is 2.14. The van der Waals surface area contributed by atoms with Crippen LogP contribution in [0.3, 0.4) is 0 Å². The number of benzene rings is 1. The molecule has 0 aliphatic rings. The van der Waals surface area contributed by atoms with Gasteiger partial charge in [-0.3, -0.25) is 4.79 Å². The van der Waals surface area contributed by atoms with Gasteiger partial charge in [0.05, 0.1) is 10.6 Å². The number of thiazole rings is 1. The molecule has 1 aromatic heterocycles. The van der Waals surface area contributed by atoms with E-state index in [1.54, 1.807) is 17.5 Å². The van der Waals surface area contributed by atoms with Crippen molar-refractivity contribution in [2.24, 2.45) is 0 Å². The van der Waals surface area contributed by atoms with Crippen molar-refractivity contribution in [2.45, 2.75) is 26.7 Å². The zero-order valence-electron chi connectivity index (χ0n) is 12.6. The van der Waals surface area contributed by atoms with Crippen molar-refractivity contribution < 1.29 is 4.79 Å². The SMILES string of the molecule is CCNc1cc(C)ccc1C(=O)NCC(C)c1nccs1. The van der Waals surface area contributed by atoms with E-state index in [2.05, 4.69) is 22.5 Å². The summed E-state index contributed by atoms with van der Waals surface area (Å²) in [5.41, 5.74) is 2.71. The molecule has 4 nitrogen and oxygen atoms in total. The van der Waals surface area contributed by atoms with Gasteiger partial charge in [-0.2, -0.15) is 0 Å². The van der Waals surface area contributed by atoms with E-state index in [0.717, 1.165) is 22.8 Å². The molecule has 21 heavy (non-hydrogen) atoms. The first kappa shape index (κ1) is 15.5. The van der Waals surface area contributed by atoms with E-state index < -0.39 is 0 Å². The van der Waals surface area contributed by atoms with Crippen molar-refractivity contribution in [3.63, 3.8) is 0 Å². The third-order valence-electron chi connectivity index (χ3n) is 3.23. The predicted molar refractivity (Wildman–Crippen MR) is 88.2 cm³/mol. The van der Waals surface area contributed by atoms with Crippen LogP contribution in [0.25, 0.3) is 0 Å². The van der Waals surface area contributed by atoms with Crippen molar-refractivity contribution in [3.05, 3.63) is 45.9 Å². The molecule has 0 aliphatic heterocycles. The standard InChI is InChI=1S/C16H21N3OS/c1-4-17-14-9-11(2)5-6-13(14)15(20)19-10-12(3)16-18-7-8-21-16/h5-9,12,17H,4,10H2,1-3H3,(H,19,20). The number of hydrogen-bond donors (Lipinski definition) is 2. The molecule has 1 amide bonds. The molecule has 1 heterocycles. The summed E-state index contributed by atoms with van der Waals surface area (Å²) >= 11 is 1.62. The Morgan fingerprint density at radius 3 is 2.90 bits per heavy atom. The molecule has 2 aromatic rings. The normalized spacial score (nSPS) is 12.0. The molecule has 0 saturated heterocycles. The van der Waals surface area contributed by atoms with Gasteiger partial charge in [-0.05, 0) is 31.5 Å². The highest BCUT2D eigenvalue weighted by molar-refractivity contribution is 7.09. The summed E-state index contributed by atoms with van der Waals surface area (Å²) in [4.78, 5) is 16.6. The van der Waals surface area contributed by atoms with Gasteiger partial charge < -0.3 is 10.6 Å². The first-order valence-corrected chi connectivity index (χ1v) is 8.02. The maximum atomic E-state index is 12.4. The van der Waals surface area contributed by atoms with Crippen LogP contribution in [0.5, 0.6) is 0 Å². The third-order valence-corrected chi connectivity index (χ3v) is 4.24. The van der Waals surface area contributed by atoms with E-state index in [1.165, 1.54) is 0 Å². The molecule has 1 unspecified atom stereocenters. The fraction of sp³-hybridized carbons (Fsp3) is 0.375. The number of aryl methyl sites for hydroxylation is 1. The molecule has 0 aliphatic carbocycles. The van der Waals surface area contributed by atoms with E-state index in [1.807, 2.05) is 37.4 Å². The molecule has 0 spiro atoms. The Labute approximate surface area is 129 Å². The van der Waals surface area contributed by atoms with Crippen molar-refractivity contribution in [2.75, 3.05) is 18.4 Å². The second-order valence-electron chi connectivity index (χ2n) is 5.06. The van der Waals surface area contributed by atoms with Gasteiger partial charge in [0.15, 0.2) is 0 Å². The Balaban J connectivity index is 2.03. The number of nitrogens with zero attached hydrogens (tertiary/aromatic N) is 1. The number of carbonyl (C=O) groups is 1. The van der Waals surface area contributed by atoms with Crippen LogP contribution < -0.4 is 10.6 Å². The van der Waals surface area contributed by atoms with Crippen LogP contribution in [0.2, 0.25) is 0 Å². The maximum Gasteiger partial charge on any atom is 0.253 e. The lowest BCUT2D eigenvalue weighted by atomic mass is 10.1. The number of nitrogens with one attached hydrogen (secondary N) is 2. The Hall–Kier alpha value is -1.88. The average Bonchev–Trinajstić information content (AvgIpc) is 2.99. The van der Waals surface area contributed by atoms with E-state index in [0.29, 0.717) is 12.1 Å². The minimum absolute atomic E-state index is 0.0469. The summed E-state index contributed by atoms with van der Waals surface area (Å²) < 4.78 is 0. The molecule has 5 heteroatoms. The molecule has 112 valence electrons. The van der Waals surface area contributed by atoms with Gasteiger partial charge in [-0.15, -0.1) is 11.3 Å². The Kier molecular flexibility index (Phi) is 5.33. The molecule has 2 rings (SSSR count). The zero-order valence-corrected chi connectivity index (χ0v) is 13.5. The lowest BCUT2D eigenvalue weighted by molar-refractivity contribution is 0.0952. The fourth-order valence-corrected chi connectivity index (χ4v) is 2.80. The van der Waals surface area contributed by atoms with Crippen LogP contribution in [-0.4, -0.2) is 24.0 Å². The summed E-state index contributed by atoms with van der Waals surface area (Å²) in [6, 6.07) is 5.83. The number of carbonyl (C=O) groups excluding carboxylic acids is 1. The van der Waals surface area contributed by atoms with E-state index >= 15 is 0 Å². The van der Waals surface area contributed by atoms with Crippen LogP contribution in [0.4, 0.5) is 5.69 Å². The Morgan fingerprint density at radius 1 is 1.43 bits per heavy atom. The van der Waals surface area contributed by atoms with Gasteiger partial charge in [0.1, 0.15) is 0 Å². The summed E-state index contributed by atoms with van der Waals surface area (Å²) in [5, 5.41) is 9.24. The molecule has 0 saturated carbocycles. The van der Waals surface area contributed by atoms with Crippen LogP contribution in [-0.2, 0) is 0 Å². The van der Waals surface area contributed by atoms with E-state index in [4.69, 9.17) is 0 Å². The van der Waals surface area contributed by atoms with Gasteiger partial charge in [0, 0.05) is 36.3 Å². The van der Waals surface area contributed by atoms with Gasteiger partial charge in [0.25, 0.3) is 5.91 Å². The summed E-state index contributed by atoms with van der Waals surface area (Å²) in [6.07, 6.45) is 1.79. The molecular formula is C16H21N3OS. The lowest BCUT2D eigenvalue weighted by Gasteiger charge is -2.14. The lowest BCUT2D eigenvalue weighted by Crippen LogP contribution is -2.28. The number of aromatic nitrogens is 1. The van der Waals surface area contributed by atoms with Gasteiger partial charge >= 0.3 is 0 Å². The predicted octanol–water partition coefficient (Wildman–Crippen LogP) is 3.42. The van der Waals surface area contributed by atoms with Gasteiger partial charge in [-0.25, -0.2) is 4.98 Å². The highest BCUT2D eigenvalue weighted by Crippen LogP contribution is 2.19. The summed E-state index contributed by atoms with van der Waals surface area (Å²) in [6.45, 7) is 7.49. The van der Waals surface area contributed by atoms with Gasteiger partial charge in [-0.1, -0.05) is 13.0 Å². The molecule has 0 fully saturated rings. The molecule has 2 N–H and O–H groups in total. The molecule has 0 radical (unpaired) electrons. The van der Waals surface area contributed by atoms with Crippen molar-refractivity contribution in [1.82, 2.24) is 10.3 Å². The van der Waals surface area contributed by atoms with Crippen LogP contribution >= 0.6 is 11.3 Å². The third kappa shape index (κ3) is 4.04. The minimum Gasteiger partial charge on any atom is -0.385 e. The monoisotopic (exact) mass is 303 g/mol. The largest absolute Gasteiger partial charge is 0.385 e.